The molecule has 1 aliphatic heterocycles. The van der Waals surface area contributed by atoms with Crippen molar-refractivity contribution in [2.75, 3.05) is 38.2 Å². The first-order chi connectivity index (χ1) is 10.3. The quantitative estimate of drug-likeness (QED) is 0.766. The minimum atomic E-state index is 0.113. The van der Waals surface area contributed by atoms with Gasteiger partial charge < -0.3 is 15.2 Å². The molecule has 5 heteroatoms. The molecule has 0 bridgehead atoms. The van der Waals surface area contributed by atoms with Crippen LogP contribution in [0.25, 0.3) is 0 Å². The summed E-state index contributed by atoms with van der Waals surface area (Å²) < 4.78 is 5.61. The van der Waals surface area contributed by atoms with Crippen LogP contribution in [0.2, 0.25) is 0 Å². The molecule has 1 aromatic heterocycles. The molecule has 1 aliphatic rings. The van der Waals surface area contributed by atoms with Gasteiger partial charge in [0, 0.05) is 37.9 Å². The van der Waals surface area contributed by atoms with E-state index < -0.39 is 0 Å². The average Bonchev–Trinajstić information content (AvgIpc) is 2.53. The Hall–Kier alpha value is -1.17. The van der Waals surface area contributed by atoms with Gasteiger partial charge in [0.25, 0.3) is 0 Å². The zero-order valence-corrected chi connectivity index (χ0v) is 12.9. The van der Waals surface area contributed by atoms with Crippen molar-refractivity contribution in [3.63, 3.8) is 0 Å². The number of hydrogen-bond acceptors (Lipinski definition) is 5. The van der Waals surface area contributed by atoms with Crippen molar-refractivity contribution < 1.29 is 9.84 Å². The van der Waals surface area contributed by atoms with Gasteiger partial charge in [-0.25, -0.2) is 4.98 Å². The summed E-state index contributed by atoms with van der Waals surface area (Å²) in [5, 5.41) is 12.2. The maximum Gasteiger partial charge on any atom is 0.130 e. The fraction of sp³-hybridized carbons (Fsp3) is 0.688. The number of anilines is 1. The number of likely N-dealkylation sites (tertiary alicyclic amines) is 1. The number of piperidine rings is 1. The van der Waals surface area contributed by atoms with E-state index in [0.717, 1.165) is 51.3 Å². The first-order valence-electron chi connectivity index (χ1n) is 7.96. The molecule has 1 fully saturated rings. The molecule has 21 heavy (non-hydrogen) atoms. The Kier molecular flexibility index (Phi) is 6.92. The Morgan fingerprint density at radius 2 is 2.24 bits per heavy atom. The molecule has 1 aromatic rings. The van der Waals surface area contributed by atoms with Gasteiger partial charge in [0.15, 0.2) is 0 Å². The second-order valence-electron chi connectivity index (χ2n) is 5.51. The lowest BCUT2D eigenvalue weighted by molar-refractivity contribution is -0.00899. The van der Waals surface area contributed by atoms with Gasteiger partial charge in [-0.2, -0.15) is 0 Å². The minimum absolute atomic E-state index is 0.113. The van der Waals surface area contributed by atoms with E-state index in [-0.39, 0.29) is 6.61 Å². The molecule has 0 amide bonds. The summed E-state index contributed by atoms with van der Waals surface area (Å²) in [5.41, 5.74) is 1.26. The molecule has 2 heterocycles. The van der Waals surface area contributed by atoms with Gasteiger partial charge in [-0.3, -0.25) is 4.90 Å². The predicted octanol–water partition coefficient (Wildman–Crippen LogP) is 1.88. The summed E-state index contributed by atoms with van der Waals surface area (Å²) in [6.45, 7) is 6.71. The Morgan fingerprint density at radius 3 is 2.95 bits per heavy atom. The first kappa shape index (κ1) is 16.2. The van der Waals surface area contributed by atoms with Gasteiger partial charge in [0.05, 0.1) is 19.3 Å². The van der Waals surface area contributed by atoms with Crippen molar-refractivity contribution in [3.05, 3.63) is 23.9 Å². The fourth-order valence-corrected chi connectivity index (χ4v) is 2.66. The lowest BCUT2D eigenvalue weighted by Crippen LogP contribution is -2.37. The highest BCUT2D eigenvalue weighted by molar-refractivity contribution is 5.43. The first-order valence-corrected chi connectivity index (χ1v) is 7.96. The second kappa shape index (κ2) is 8.97. The Morgan fingerprint density at radius 1 is 1.43 bits per heavy atom. The van der Waals surface area contributed by atoms with Crippen molar-refractivity contribution in [3.8, 4) is 0 Å². The highest BCUT2D eigenvalue weighted by atomic mass is 16.5. The summed E-state index contributed by atoms with van der Waals surface area (Å²) in [6.07, 6.45) is 5.33. The number of hydrogen-bond donors (Lipinski definition) is 2. The molecule has 2 rings (SSSR count). The van der Waals surface area contributed by atoms with Crippen molar-refractivity contribution >= 4 is 5.82 Å². The zero-order chi connectivity index (χ0) is 14.9. The van der Waals surface area contributed by atoms with Gasteiger partial charge in [-0.15, -0.1) is 0 Å². The van der Waals surface area contributed by atoms with E-state index in [9.17, 15) is 0 Å². The Bertz CT molecular complexity index is 406. The molecule has 0 saturated carbocycles. The van der Waals surface area contributed by atoms with Crippen molar-refractivity contribution in [1.82, 2.24) is 9.88 Å². The summed E-state index contributed by atoms with van der Waals surface area (Å²) in [6, 6.07) is 4.16. The molecule has 0 aliphatic carbocycles. The molecule has 2 N–H and O–H groups in total. The van der Waals surface area contributed by atoms with Gasteiger partial charge in [0.2, 0.25) is 0 Å². The lowest BCUT2D eigenvalue weighted by atomic mass is 10.1. The van der Waals surface area contributed by atoms with Crippen LogP contribution in [0.1, 0.15) is 31.7 Å². The van der Waals surface area contributed by atoms with E-state index in [1.807, 2.05) is 12.3 Å². The van der Waals surface area contributed by atoms with Crippen LogP contribution in [0.5, 0.6) is 0 Å². The number of aromatic nitrogens is 1. The number of ether oxygens (including phenoxy) is 1. The molecular formula is C16H27N3O2. The van der Waals surface area contributed by atoms with Crippen molar-refractivity contribution in [2.24, 2.45) is 0 Å². The van der Waals surface area contributed by atoms with Gasteiger partial charge in [-0.1, -0.05) is 13.0 Å². The van der Waals surface area contributed by atoms with Crippen LogP contribution in [0.15, 0.2) is 18.3 Å². The predicted molar refractivity (Wildman–Crippen MR) is 84.4 cm³/mol. The number of rotatable bonds is 8. The molecule has 0 radical (unpaired) electrons. The van der Waals surface area contributed by atoms with Crippen LogP contribution in [-0.4, -0.2) is 53.9 Å². The molecule has 0 aromatic carbocycles. The molecule has 0 spiro atoms. The van der Waals surface area contributed by atoms with E-state index in [4.69, 9.17) is 9.84 Å². The topological polar surface area (TPSA) is 57.6 Å². The molecule has 0 atom stereocenters. The molecule has 1 saturated heterocycles. The summed E-state index contributed by atoms with van der Waals surface area (Å²) in [5.74, 6) is 1.01. The van der Waals surface area contributed by atoms with E-state index in [1.165, 1.54) is 5.56 Å². The van der Waals surface area contributed by atoms with Crippen LogP contribution in [0.3, 0.4) is 0 Å². The number of aliphatic hydroxyl groups is 1. The van der Waals surface area contributed by atoms with Gasteiger partial charge >= 0.3 is 0 Å². The molecular weight excluding hydrogens is 266 g/mol. The SMILES string of the molecule is CCCNc1ncccc1CN1CCC(OCCO)CC1. The third-order valence-electron chi connectivity index (χ3n) is 3.81. The molecule has 0 unspecified atom stereocenters. The number of aliphatic hydroxyl groups excluding tert-OH is 1. The number of pyridine rings is 1. The van der Waals surface area contributed by atoms with E-state index in [2.05, 4.69) is 28.2 Å². The number of nitrogens with one attached hydrogen (secondary N) is 1. The van der Waals surface area contributed by atoms with Crippen molar-refractivity contribution in [2.45, 2.75) is 38.8 Å². The highest BCUT2D eigenvalue weighted by Gasteiger charge is 2.20. The summed E-state index contributed by atoms with van der Waals surface area (Å²) in [7, 11) is 0. The molecule has 5 nitrogen and oxygen atoms in total. The average molecular weight is 293 g/mol. The maximum atomic E-state index is 8.80. The standard InChI is InChI=1S/C16H27N3O2/c1-2-7-17-16-14(4-3-8-18-16)13-19-9-5-15(6-10-19)21-12-11-20/h3-4,8,15,20H,2,5-7,9-13H2,1H3,(H,17,18). The summed E-state index contributed by atoms with van der Waals surface area (Å²) in [4.78, 5) is 6.90. The van der Waals surface area contributed by atoms with Gasteiger partial charge in [0.1, 0.15) is 5.82 Å². The van der Waals surface area contributed by atoms with E-state index in [1.54, 1.807) is 0 Å². The normalized spacial score (nSPS) is 17.0. The minimum Gasteiger partial charge on any atom is -0.394 e. The lowest BCUT2D eigenvalue weighted by Gasteiger charge is -2.32. The fourth-order valence-electron chi connectivity index (χ4n) is 2.66. The monoisotopic (exact) mass is 293 g/mol. The van der Waals surface area contributed by atoms with Crippen LogP contribution in [0, 0.1) is 0 Å². The highest BCUT2D eigenvalue weighted by Crippen LogP contribution is 2.19. The van der Waals surface area contributed by atoms with Crippen molar-refractivity contribution in [1.29, 1.82) is 0 Å². The third-order valence-corrected chi connectivity index (χ3v) is 3.81. The smallest absolute Gasteiger partial charge is 0.130 e. The maximum absolute atomic E-state index is 8.80. The second-order valence-corrected chi connectivity index (χ2v) is 5.51. The van der Waals surface area contributed by atoms with Gasteiger partial charge in [-0.05, 0) is 25.3 Å². The zero-order valence-electron chi connectivity index (χ0n) is 12.9. The van der Waals surface area contributed by atoms with Crippen LogP contribution < -0.4 is 5.32 Å². The van der Waals surface area contributed by atoms with E-state index in [0.29, 0.717) is 12.7 Å². The third kappa shape index (κ3) is 5.26. The summed E-state index contributed by atoms with van der Waals surface area (Å²) >= 11 is 0. The Balaban J connectivity index is 1.83. The van der Waals surface area contributed by atoms with Crippen LogP contribution in [-0.2, 0) is 11.3 Å². The number of nitrogens with zero attached hydrogens (tertiary/aromatic N) is 2. The van der Waals surface area contributed by atoms with Crippen LogP contribution in [0.4, 0.5) is 5.82 Å². The molecule has 118 valence electrons. The van der Waals surface area contributed by atoms with E-state index >= 15 is 0 Å². The Labute approximate surface area is 127 Å². The van der Waals surface area contributed by atoms with Crippen LogP contribution >= 0.6 is 0 Å². The largest absolute Gasteiger partial charge is 0.394 e.